The summed E-state index contributed by atoms with van der Waals surface area (Å²) in [5, 5.41) is 2.93. The Morgan fingerprint density at radius 3 is 2.25 bits per heavy atom. The second-order valence-corrected chi connectivity index (χ2v) is 5.71. The molecule has 126 valence electrons. The summed E-state index contributed by atoms with van der Waals surface area (Å²) in [6, 6.07) is 13.3. The van der Waals surface area contributed by atoms with Crippen LogP contribution in [0.15, 0.2) is 48.5 Å². The molecule has 0 saturated heterocycles. The average molecular weight is 325 g/mol. The van der Waals surface area contributed by atoms with Crippen LogP contribution in [0.3, 0.4) is 0 Å². The van der Waals surface area contributed by atoms with Gasteiger partial charge in [0.05, 0.1) is 14.2 Å². The minimum Gasteiger partial charge on any atom is -0.497 e. The molecule has 0 unspecified atom stereocenters. The van der Waals surface area contributed by atoms with Crippen LogP contribution in [-0.4, -0.2) is 20.1 Å². The van der Waals surface area contributed by atoms with Gasteiger partial charge in [-0.3, -0.25) is 4.79 Å². The van der Waals surface area contributed by atoms with E-state index in [0.717, 1.165) is 16.8 Å². The third-order valence-corrected chi connectivity index (χ3v) is 3.64. The molecule has 2 rings (SSSR count). The van der Waals surface area contributed by atoms with Gasteiger partial charge < -0.3 is 14.8 Å². The Hall–Kier alpha value is -2.75. The number of methoxy groups -OCH3 is 2. The highest BCUT2D eigenvalue weighted by atomic mass is 16.5. The number of hydrogen-bond acceptors (Lipinski definition) is 3. The molecule has 0 aliphatic heterocycles. The van der Waals surface area contributed by atoms with Crippen LogP contribution in [0, 0.1) is 0 Å². The number of anilines is 1. The molecule has 2 aromatic carbocycles. The molecule has 0 saturated carbocycles. The monoisotopic (exact) mass is 325 g/mol. The normalized spacial score (nSPS) is 10.9. The lowest BCUT2D eigenvalue weighted by Gasteiger charge is -2.12. The van der Waals surface area contributed by atoms with Crippen molar-refractivity contribution in [3.8, 4) is 11.5 Å². The van der Waals surface area contributed by atoms with Crippen LogP contribution in [0.4, 0.5) is 5.69 Å². The van der Waals surface area contributed by atoms with Crippen LogP contribution < -0.4 is 14.8 Å². The Morgan fingerprint density at radius 2 is 1.67 bits per heavy atom. The lowest BCUT2D eigenvalue weighted by Crippen LogP contribution is -2.10. The number of rotatable bonds is 6. The van der Waals surface area contributed by atoms with Crippen molar-refractivity contribution >= 4 is 17.7 Å². The van der Waals surface area contributed by atoms with E-state index in [1.165, 1.54) is 6.08 Å². The molecule has 4 heteroatoms. The zero-order valence-corrected chi connectivity index (χ0v) is 14.5. The Labute approximate surface area is 143 Å². The van der Waals surface area contributed by atoms with Crippen molar-refractivity contribution in [1.29, 1.82) is 0 Å². The first kappa shape index (κ1) is 17.6. The highest BCUT2D eigenvalue weighted by molar-refractivity contribution is 6.02. The molecule has 4 nitrogen and oxygen atoms in total. The van der Waals surface area contributed by atoms with Gasteiger partial charge in [0, 0.05) is 17.8 Å². The summed E-state index contributed by atoms with van der Waals surface area (Å²) in [5.74, 6) is 1.53. The molecular weight excluding hydrogens is 302 g/mol. The van der Waals surface area contributed by atoms with Crippen molar-refractivity contribution in [2.24, 2.45) is 0 Å². The van der Waals surface area contributed by atoms with Crippen LogP contribution >= 0.6 is 0 Å². The summed E-state index contributed by atoms with van der Waals surface area (Å²) in [7, 11) is 3.19. The van der Waals surface area contributed by atoms with Gasteiger partial charge in [-0.15, -0.1) is 0 Å². The van der Waals surface area contributed by atoms with Crippen molar-refractivity contribution < 1.29 is 14.3 Å². The highest BCUT2D eigenvalue weighted by Gasteiger charge is 2.07. The summed E-state index contributed by atoms with van der Waals surface area (Å²) in [4.78, 5) is 12.2. The van der Waals surface area contributed by atoms with Crippen molar-refractivity contribution in [3.63, 3.8) is 0 Å². The van der Waals surface area contributed by atoms with Gasteiger partial charge in [0.25, 0.3) is 0 Å². The summed E-state index contributed by atoms with van der Waals surface area (Å²) in [5.41, 5.74) is 2.78. The van der Waals surface area contributed by atoms with Crippen LogP contribution in [0.1, 0.15) is 30.9 Å². The third-order valence-electron chi connectivity index (χ3n) is 3.64. The number of para-hydroxylation sites is 1. The van der Waals surface area contributed by atoms with Gasteiger partial charge in [0.15, 0.2) is 0 Å². The third kappa shape index (κ3) is 4.62. The maximum Gasteiger partial charge on any atom is 0.248 e. The van der Waals surface area contributed by atoms with Gasteiger partial charge in [0.2, 0.25) is 5.91 Å². The molecule has 0 spiro atoms. The number of amides is 1. The first-order chi connectivity index (χ1) is 11.5. The number of carbonyl (C=O) groups excluding carboxylic acids is 1. The first-order valence-corrected chi connectivity index (χ1v) is 7.84. The van der Waals surface area contributed by atoms with E-state index in [4.69, 9.17) is 9.47 Å². The molecule has 0 aliphatic rings. The summed E-state index contributed by atoms with van der Waals surface area (Å²) < 4.78 is 10.5. The zero-order valence-electron chi connectivity index (χ0n) is 14.5. The van der Waals surface area contributed by atoms with Gasteiger partial charge in [-0.05, 0) is 41.3 Å². The molecule has 1 N–H and O–H groups in total. The fourth-order valence-electron chi connectivity index (χ4n) is 2.39. The van der Waals surface area contributed by atoms with Gasteiger partial charge in [-0.25, -0.2) is 0 Å². The topological polar surface area (TPSA) is 47.6 Å². The van der Waals surface area contributed by atoms with Crippen molar-refractivity contribution in [1.82, 2.24) is 0 Å². The fraction of sp³-hybridized carbons (Fsp3) is 0.250. The quantitative estimate of drug-likeness (QED) is 0.797. The van der Waals surface area contributed by atoms with E-state index in [-0.39, 0.29) is 5.91 Å². The first-order valence-electron chi connectivity index (χ1n) is 7.84. The Kier molecular flexibility index (Phi) is 6.01. The van der Waals surface area contributed by atoms with Crippen molar-refractivity contribution in [2.75, 3.05) is 19.5 Å². The number of hydrogen-bond donors (Lipinski definition) is 1. The van der Waals surface area contributed by atoms with E-state index >= 15 is 0 Å². The number of nitrogens with one attached hydrogen (secondary N) is 1. The predicted octanol–water partition coefficient (Wildman–Crippen LogP) is 4.48. The summed E-state index contributed by atoms with van der Waals surface area (Å²) in [6.45, 7) is 4.20. The van der Waals surface area contributed by atoms with Gasteiger partial charge >= 0.3 is 0 Å². The van der Waals surface area contributed by atoms with Crippen LogP contribution in [0.5, 0.6) is 11.5 Å². The van der Waals surface area contributed by atoms with E-state index in [1.807, 2.05) is 36.4 Å². The Balaban J connectivity index is 2.14. The fourth-order valence-corrected chi connectivity index (χ4v) is 2.39. The number of carbonyl (C=O) groups is 1. The largest absolute Gasteiger partial charge is 0.497 e. The lowest BCUT2D eigenvalue weighted by molar-refractivity contribution is -0.111. The standard InChI is InChI=1S/C20H23NO3/c1-14(2)18-7-5-6-8-19(18)21-20(22)10-9-15-11-16(23-3)13-17(12-15)24-4/h5-14H,1-4H3,(H,21,22)/b10-9+. The van der Waals surface area contributed by atoms with Crippen LogP contribution in [0.25, 0.3) is 6.08 Å². The van der Waals surface area contributed by atoms with E-state index in [0.29, 0.717) is 17.4 Å². The van der Waals surface area contributed by atoms with Crippen molar-refractivity contribution in [3.05, 3.63) is 59.7 Å². The van der Waals surface area contributed by atoms with E-state index in [1.54, 1.807) is 26.4 Å². The predicted molar refractivity (Wildman–Crippen MR) is 97.7 cm³/mol. The highest BCUT2D eigenvalue weighted by Crippen LogP contribution is 2.25. The molecule has 0 fully saturated rings. The van der Waals surface area contributed by atoms with Crippen molar-refractivity contribution in [2.45, 2.75) is 19.8 Å². The minimum absolute atomic E-state index is 0.176. The Bertz CT molecular complexity index is 713. The molecule has 0 aliphatic carbocycles. The lowest BCUT2D eigenvalue weighted by atomic mass is 10.0. The molecule has 0 atom stereocenters. The van der Waals surface area contributed by atoms with Gasteiger partial charge in [-0.2, -0.15) is 0 Å². The SMILES string of the molecule is COc1cc(/C=C/C(=O)Nc2ccccc2C(C)C)cc(OC)c1. The maximum absolute atomic E-state index is 12.2. The smallest absolute Gasteiger partial charge is 0.248 e. The number of ether oxygens (including phenoxy) is 2. The van der Waals surface area contributed by atoms with E-state index < -0.39 is 0 Å². The van der Waals surface area contributed by atoms with E-state index in [9.17, 15) is 4.79 Å². The van der Waals surface area contributed by atoms with Gasteiger partial charge in [-0.1, -0.05) is 32.0 Å². The van der Waals surface area contributed by atoms with Crippen LogP contribution in [0.2, 0.25) is 0 Å². The summed E-state index contributed by atoms with van der Waals surface area (Å²) in [6.07, 6.45) is 3.24. The van der Waals surface area contributed by atoms with Gasteiger partial charge in [0.1, 0.15) is 11.5 Å². The van der Waals surface area contributed by atoms with Crippen LogP contribution in [-0.2, 0) is 4.79 Å². The molecule has 0 bridgehead atoms. The molecule has 0 heterocycles. The van der Waals surface area contributed by atoms with E-state index in [2.05, 4.69) is 19.2 Å². The minimum atomic E-state index is -0.176. The summed E-state index contributed by atoms with van der Waals surface area (Å²) >= 11 is 0. The maximum atomic E-state index is 12.2. The Morgan fingerprint density at radius 1 is 1.04 bits per heavy atom. The number of benzene rings is 2. The molecule has 2 aromatic rings. The zero-order chi connectivity index (χ0) is 17.5. The molecule has 24 heavy (non-hydrogen) atoms. The average Bonchev–Trinajstić information content (AvgIpc) is 2.59. The molecule has 0 radical (unpaired) electrons. The molecule has 1 amide bonds. The molecular formula is C20H23NO3. The second-order valence-electron chi connectivity index (χ2n) is 5.71. The molecule has 0 aromatic heterocycles. The second kappa shape index (κ2) is 8.20.